The quantitative estimate of drug-likeness (QED) is 0.185. The van der Waals surface area contributed by atoms with Gasteiger partial charge in [-0.05, 0) is 81.2 Å². The Hall–Kier alpha value is -4.66. The van der Waals surface area contributed by atoms with Gasteiger partial charge in [0.15, 0.2) is 0 Å². The van der Waals surface area contributed by atoms with Gasteiger partial charge in [0.2, 0.25) is 11.8 Å². The molecule has 4 aromatic rings. The van der Waals surface area contributed by atoms with Crippen LogP contribution in [-0.2, 0) is 48.0 Å². The number of esters is 1. The number of hydrogen-bond acceptors (Lipinski definition) is 10. The van der Waals surface area contributed by atoms with Crippen LogP contribution >= 0.6 is 11.3 Å². The molecule has 5 heterocycles. The standard InChI is InChI=1S/C45H59N7O6S/c1-10-51-36-16-15-28-20-31(36)32(40(51)29-13-11-17-46-38(29)27(5)57-9)22-45(6,7)24-58-44(56)33-14-12-18-52(49-33)43(55)34(21-37-47-35(28)23-59-37)48-41(53)39(25(2)3)50(8)42(54)30-19-26(30)4/h11,13,15-17,20,23,25-27,30,33-34,39,49H,10,12,14,18-19,21-22,24H2,1-9H3,(H,48,53)/t26-,27-,30+,33-,34-,39?/m0/s1. The highest BCUT2D eigenvalue weighted by atomic mass is 32.1. The fraction of sp³-hybridized carbons (Fsp3) is 0.556. The minimum atomic E-state index is -1.01. The molecule has 3 amide bonds. The lowest BCUT2D eigenvalue weighted by molar-refractivity contribution is -0.155. The van der Waals surface area contributed by atoms with E-state index in [-0.39, 0.29) is 42.8 Å². The van der Waals surface area contributed by atoms with Crippen molar-refractivity contribution in [2.24, 2.45) is 23.2 Å². The van der Waals surface area contributed by atoms with Crippen molar-refractivity contribution in [3.63, 3.8) is 0 Å². The van der Waals surface area contributed by atoms with Gasteiger partial charge < -0.3 is 24.3 Å². The topological polar surface area (TPSA) is 148 Å². The van der Waals surface area contributed by atoms with Crippen LogP contribution in [0.4, 0.5) is 0 Å². The zero-order valence-corrected chi connectivity index (χ0v) is 36.7. The fourth-order valence-electron chi connectivity index (χ4n) is 8.81. The number of carbonyl (C=O) groups excluding carboxylic acids is 4. The number of thiazole rings is 1. The first-order valence-electron chi connectivity index (χ1n) is 21.0. The second kappa shape index (κ2) is 17.1. The molecule has 1 saturated carbocycles. The maximum Gasteiger partial charge on any atom is 0.324 e. The van der Waals surface area contributed by atoms with Crippen molar-refractivity contribution < 1.29 is 28.7 Å². The van der Waals surface area contributed by atoms with E-state index in [0.717, 1.165) is 51.1 Å². The number of benzene rings is 1. The van der Waals surface area contributed by atoms with Crippen LogP contribution in [0.5, 0.6) is 0 Å². The lowest BCUT2D eigenvalue weighted by atomic mass is 9.84. The predicted molar refractivity (Wildman–Crippen MR) is 228 cm³/mol. The van der Waals surface area contributed by atoms with Gasteiger partial charge >= 0.3 is 5.97 Å². The summed E-state index contributed by atoms with van der Waals surface area (Å²) in [4.78, 5) is 67.2. The molecule has 6 bridgehead atoms. The Morgan fingerprint density at radius 3 is 2.64 bits per heavy atom. The molecule has 3 aliphatic rings. The summed E-state index contributed by atoms with van der Waals surface area (Å²) in [6, 6.07) is 7.94. The summed E-state index contributed by atoms with van der Waals surface area (Å²) in [5, 5.41) is 8.22. The fourth-order valence-corrected chi connectivity index (χ4v) is 9.66. The van der Waals surface area contributed by atoms with Crippen LogP contribution in [0.1, 0.15) is 90.1 Å². The first kappa shape index (κ1) is 42.5. The van der Waals surface area contributed by atoms with Crippen LogP contribution in [0.15, 0.2) is 41.9 Å². The molecule has 14 heteroatoms. The molecule has 1 unspecified atom stereocenters. The number of ether oxygens (including phenoxy) is 2. The zero-order chi connectivity index (χ0) is 42.3. The van der Waals surface area contributed by atoms with E-state index in [1.54, 1.807) is 25.3 Å². The number of cyclic esters (lactones) is 1. The van der Waals surface area contributed by atoms with Gasteiger partial charge in [0.05, 0.1) is 34.8 Å². The van der Waals surface area contributed by atoms with E-state index in [9.17, 15) is 19.2 Å². The molecular weight excluding hydrogens is 767 g/mol. The number of hydrazine groups is 1. The Labute approximate surface area is 351 Å². The van der Waals surface area contributed by atoms with E-state index in [2.05, 4.69) is 60.3 Å². The van der Waals surface area contributed by atoms with Gasteiger partial charge in [-0.15, -0.1) is 11.3 Å². The molecule has 0 radical (unpaired) electrons. The normalized spacial score (nSPS) is 23.1. The molecule has 6 atom stereocenters. The summed E-state index contributed by atoms with van der Waals surface area (Å²) in [7, 11) is 3.37. The van der Waals surface area contributed by atoms with Crippen LogP contribution in [0, 0.1) is 23.2 Å². The summed E-state index contributed by atoms with van der Waals surface area (Å²) in [5.41, 5.74) is 9.43. The number of likely N-dealkylation sites (N-methyl/N-ethyl adjacent to an activating group) is 1. The minimum absolute atomic E-state index is 0.0545. The van der Waals surface area contributed by atoms with E-state index in [4.69, 9.17) is 19.4 Å². The number of nitrogens with zero attached hydrogens (tertiary/aromatic N) is 5. The van der Waals surface area contributed by atoms with Gasteiger partial charge in [-0.2, -0.15) is 0 Å². The van der Waals surface area contributed by atoms with Crippen molar-refractivity contribution in [1.29, 1.82) is 0 Å². The number of aryl methyl sites for hydroxylation is 1. The molecule has 1 saturated heterocycles. The van der Waals surface area contributed by atoms with E-state index in [1.807, 2.05) is 39.1 Å². The first-order valence-corrected chi connectivity index (χ1v) is 21.9. The number of rotatable bonds is 9. The molecular formula is C45H59N7O6S. The summed E-state index contributed by atoms with van der Waals surface area (Å²) in [6.07, 6.45) is 4.16. The van der Waals surface area contributed by atoms with Crippen LogP contribution in [0.3, 0.4) is 0 Å². The van der Waals surface area contributed by atoms with E-state index in [0.29, 0.717) is 43.3 Å². The van der Waals surface area contributed by atoms with Crippen LogP contribution < -0.4 is 10.7 Å². The molecule has 2 fully saturated rings. The molecule has 1 aromatic carbocycles. The maximum atomic E-state index is 14.5. The molecule has 3 aromatic heterocycles. The van der Waals surface area contributed by atoms with Crippen LogP contribution in [-0.4, -0.2) is 93.6 Å². The van der Waals surface area contributed by atoms with Crippen molar-refractivity contribution in [2.45, 2.75) is 111 Å². The largest absolute Gasteiger partial charge is 0.464 e. The zero-order valence-electron chi connectivity index (χ0n) is 35.8. The minimum Gasteiger partial charge on any atom is -0.464 e. The van der Waals surface area contributed by atoms with Gasteiger partial charge in [0.25, 0.3) is 5.91 Å². The summed E-state index contributed by atoms with van der Waals surface area (Å²) in [6.45, 7) is 15.4. The number of pyridine rings is 1. The molecule has 0 spiro atoms. The summed E-state index contributed by atoms with van der Waals surface area (Å²) < 4.78 is 14.2. The van der Waals surface area contributed by atoms with Crippen molar-refractivity contribution in [3.05, 3.63) is 58.2 Å². The Morgan fingerprint density at radius 1 is 1.19 bits per heavy atom. The maximum absolute atomic E-state index is 14.5. The van der Waals surface area contributed by atoms with Gasteiger partial charge in [0, 0.05) is 78.6 Å². The second-order valence-corrected chi connectivity index (χ2v) is 18.7. The van der Waals surface area contributed by atoms with Gasteiger partial charge in [-0.1, -0.05) is 40.7 Å². The van der Waals surface area contributed by atoms with Gasteiger partial charge in [-0.3, -0.25) is 29.2 Å². The Bertz CT molecular complexity index is 2230. The molecule has 13 nitrogen and oxygen atoms in total. The van der Waals surface area contributed by atoms with Crippen LogP contribution in [0.25, 0.3) is 33.4 Å². The second-order valence-electron chi connectivity index (χ2n) is 17.7. The number of aromatic nitrogens is 3. The number of methoxy groups -OCH3 is 1. The van der Waals surface area contributed by atoms with Crippen LogP contribution in [0.2, 0.25) is 0 Å². The molecule has 7 rings (SSSR count). The molecule has 316 valence electrons. The highest BCUT2D eigenvalue weighted by molar-refractivity contribution is 7.10. The van der Waals surface area contributed by atoms with Crippen molar-refractivity contribution >= 4 is 45.9 Å². The lowest BCUT2D eigenvalue weighted by Gasteiger charge is -2.36. The number of hydrogen-bond donors (Lipinski definition) is 2. The number of nitrogens with one attached hydrogen (secondary N) is 2. The summed E-state index contributed by atoms with van der Waals surface area (Å²) >= 11 is 1.44. The SMILES string of the molecule is CCn1c(-c2cccnc2[C@H](C)OC)c2c3cc(ccc31)-c1csc(n1)C[C@H](NC(=O)C(C(C)C)N(C)C(=O)[C@@H]1C[C@@H]1C)C(=O)N1CCC[C@H](N1)C(=O)OCC(C)(C)C2. The predicted octanol–water partition coefficient (Wildman–Crippen LogP) is 6.34. The third kappa shape index (κ3) is 8.67. The average Bonchev–Trinajstić information content (AvgIpc) is 3.63. The van der Waals surface area contributed by atoms with Crippen molar-refractivity contribution in [3.8, 4) is 22.5 Å². The van der Waals surface area contributed by atoms with Crippen molar-refractivity contribution in [1.82, 2.24) is 35.2 Å². The average molecular weight is 826 g/mol. The Balaban J connectivity index is 1.31. The van der Waals surface area contributed by atoms with E-state index >= 15 is 0 Å². The van der Waals surface area contributed by atoms with Crippen molar-refractivity contribution in [2.75, 3.05) is 27.3 Å². The molecule has 59 heavy (non-hydrogen) atoms. The number of carbonyl (C=O) groups is 4. The Kier molecular flexibility index (Phi) is 12.3. The number of fused-ring (bicyclic) bond motifs is 6. The Morgan fingerprint density at radius 2 is 1.95 bits per heavy atom. The lowest BCUT2D eigenvalue weighted by Crippen LogP contribution is -2.62. The van der Waals surface area contributed by atoms with E-state index in [1.165, 1.54) is 16.3 Å². The molecule has 2 N–H and O–H groups in total. The molecule has 2 aliphatic heterocycles. The third-order valence-corrected chi connectivity index (χ3v) is 13.1. The monoisotopic (exact) mass is 825 g/mol. The highest BCUT2D eigenvalue weighted by Crippen LogP contribution is 2.42. The third-order valence-electron chi connectivity index (χ3n) is 12.2. The summed E-state index contributed by atoms with van der Waals surface area (Å²) in [5.74, 6) is -1.26. The highest BCUT2D eigenvalue weighted by Gasteiger charge is 2.44. The van der Waals surface area contributed by atoms with E-state index < -0.39 is 35.4 Å². The smallest absolute Gasteiger partial charge is 0.324 e. The first-order chi connectivity index (χ1) is 28.1. The number of amides is 3. The molecule has 1 aliphatic carbocycles. The van der Waals surface area contributed by atoms with Gasteiger partial charge in [0.1, 0.15) is 18.1 Å². The van der Waals surface area contributed by atoms with Gasteiger partial charge in [-0.25, -0.2) is 10.4 Å².